The van der Waals surface area contributed by atoms with E-state index in [2.05, 4.69) is 0 Å². The maximum absolute atomic E-state index is 8.45. The van der Waals surface area contributed by atoms with Crippen molar-refractivity contribution >= 4 is 5.69 Å². The molecule has 1 N–H and O–H groups in total. The Morgan fingerprint density at radius 2 is 2.10 bits per heavy atom. The minimum absolute atomic E-state index is 0.435. The van der Waals surface area contributed by atoms with Crippen molar-refractivity contribution in [1.29, 1.82) is 5.26 Å². The highest BCUT2D eigenvalue weighted by Gasteiger charge is 1.98. The van der Waals surface area contributed by atoms with Gasteiger partial charge in [-0.1, -0.05) is 12.1 Å². The van der Waals surface area contributed by atoms with Crippen LogP contribution in [0.4, 0.5) is 5.69 Å². The van der Waals surface area contributed by atoms with Crippen LogP contribution in [0.2, 0.25) is 0 Å². The van der Waals surface area contributed by atoms with Crippen LogP contribution in [0, 0.1) is 11.3 Å². The summed E-state index contributed by atoms with van der Waals surface area (Å²) in [6.07, 6.45) is 0. The van der Waals surface area contributed by atoms with Crippen molar-refractivity contribution in [2.45, 2.75) is 0 Å². The largest absolute Gasteiger partial charge is 0.502 e. The summed E-state index contributed by atoms with van der Waals surface area (Å²) < 4.78 is 0. The van der Waals surface area contributed by atoms with E-state index in [-0.39, 0.29) is 0 Å². The Hall–Kier alpha value is -1.69. The molecule has 0 aliphatic carbocycles. The van der Waals surface area contributed by atoms with Crippen LogP contribution in [0.15, 0.2) is 24.3 Å². The molecule has 3 nitrogen and oxygen atoms in total. The fourth-order valence-electron chi connectivity index (χ4n) is 0.678. The lowest BCUT2D eigenvalue weighted by atomic mass is 10.2. The quantitative estimate of drug-likeness (QED) is 0.547. The van der Waals surface area contributed by atoms with E-state index in [1.165, 1.54) is 0 Å². The summed E-state index contributed by atoms with van der Waals surface area (Å²) in [7, 11) is 0. The molecule has 0 aliphatic rings. The van der Waals surface area contributed by atoms with Crippen molar-refractivity contribution in [2.75, 3.05) is 0 Å². The number of benzene rings is 1. The van der Waals surface area contributed by atoms with E-state index >= 15 is 0 Å². The molecule has 0 atom stereocenters. The summed E-state index contributed by atoms with van der Waals surface area (Å²) in [4.78, 5) is 0. The minimum Gasteiger partial charge on any atom is -0.502 e. The van der Waals surface area contributed by atoms with Crippen molar-refractivity contribution in [3.05, 3.63) is 35.4 Å². The Labute approximate surface area is 58.4 Å². The van der Waals surface area contributed by atoms with Crippen LogP contribution in [-0.2, 0) is 0 Å². The standard InChI is InChI=1S/C7H5N3/c8-5-6-3-1-2-4-7(6)10-9/h1-4,10H. The molecular weight excluding hydrogens is 126 g/mol. The monoisotopic (exact) mass is 131 g/mol. The number of hydrogen-bond donors (Lipinski definition) is 1. The first-order valence-electron chi connectivity index (χ1n) is 2.77. The summed E-state index contributed by atoms with van der Waals surface area (Å²) in [6, 6.07) is 8.64. The van der Waals surface area contributed by atoms with Gasteiger partial charge in [0, 0.05) is 6.07 Å². The van der Waals surface area contributed by atoms with Crippen LogP contribution in [-0.4, -0.2) is 0 Å². The minimum atomic E-state index is 0.435. The van der Waals surface area contributed by atoms with Gasteiger partial charge in [-0.2, -0.15) is 5.26 Å². The topological polar surface area (TPSA) is 60.1 Å². The van der Waals surface area contributed by atoms with Gasteiger partial charge in [0.1, 0.15) is 11.6 Å². The Balaban J connectivity index is 3.24. The van der Waals surface area contributed by atoms with Gasteiger partial charge in [0.15, 0.2) is 0 Å². The third kappa shape index (κ3) is 1.00. The van der Waals surface area contributed by atoms with E-state index < -0.39 is 0 Å². The van der Waals surface area contributed by atoms with Gasteiger partial charge in [-0.25, -0.2) is 0 Å². The van der Waals surface area contributed by atoms with Crippen LogP contribution >= 0.6 is 0 Å². The lowest BCUT2D eigenvalue weighted by Crippen LogP contribution is -2.54. The van der Waals surface area contributed by atoms with Crippen LogP contribution in [0.5, 0.6) is 0 Å². The first-order valence-corrected chi connectivity index (χ1v) is 2.77. The molecule has 48 valence electrons. The molecule has 3 heteroatoms. The van der Waals surface area contributed by atoms with Crippen molar-refractivity contribution < 1.29 is 5.11 Å². The van der Waals surface area contributed by atoms with E-state index in [1.54, 1.807) is 24.3 Å². The summed E-state index contributed by atoms with van der Waals surface area (Å²) >= 11 is 0. The number of nitriles is 1. The third-order valence-corrected chi connectivity index (χ3v) is 1.17. The molecule has 0 aromatic heterocycles. The summed E-state index contributed by atoms with van der Waals surface area (Å²) in [5.74, 6) is 0. The zero-order chi connectivity index (χ0) is 7.40. The van der Waals surface area contributed by atoms with Crippen LogP contribution in [0.25, 0.3) is 5.53 Å². The number of hydrogen-bond acceptors (Lipinski definition) is 1. The molecule has 0 amide bonds. The second-order valence-electron chi connectivity index (χ2n) is 1.77. The van der Waals surface area contributed by atoms with Crippen LogP contribution in [0.1, 0.15) is 5.56 Å². The summed E-state index contributed by atoms with van der Waals surface area (Å²) in [5.41, 5.74) is 9.32. The molecule has 0 spiro atoms. The van der Waals surface area contributed by atoms with Crippen molar-refractivity contribution in [1.82, 2.24) is 0 Å². The first kappa shape index (κ1) is 6.43. The summed E-state index contributed by atoms with van der Waals surface area (Å²) in [5, 5.41) is 10.4. The predicted octanol–water partition coefficient (Wildman–Crippen LogP) is 0.292. The molecule has 0 heterocycles. The van der Waals surface area contributed by atoms with Gasteiger partial charge in [-0.15, -0.1) is 0 Å². The normalized spacial score (nSPS) is 8.30. The first-order chi connectivity index (χ1) is 4.88. The SMILES string of the molecule is N#Cc1ccccc1[NH+]=[N-]. The Bertz CT molecular complexity index is 285. The third-order valence-electron chi connectivity index (χ3n) is 1.17. The molecule has 0 radical (unpaired) electrons. The fourth-order valence-corrected chi connectivity index (χ4v) is 0.678. The van der Waals surface area contributed by atoms with Crippen molar-refractivity contribution in [3.63, 3.8) is 0 Å². The van der Waals surface area contributed by atoms with Gasteiger partial charge in [0.05, 0.1) is 0 Å². The smallest absolute Gasteiger partial charge is 0.210 e. The number of nitrogens with one attached hydrogen (secondary N) is 1. The lowest BCUT2D eigenvalue weighted by molar-refractivity contribution is -0.380. The van der Waals surface area contributed by atoms with Crippen LogP contribution in [0.3, 0.4) is 0 Å². The van der Waals surface area contributed by atoms with E-state index in [9.17, 15) is 0 Å². The van der Waals surface area contributed by atoms with Gasteiger partial charge < -0.3 is 5.53 Å². The molecule has 0 bridgehead atoms. The maximum Gasteiger partial charge on any atom is 0.210 e. The van der Waals surface area contributed by atoms with Gasteiger partial charge in [-0.3, -0.25) is 5.11 Å². The van der Waals surface area contributed by atoms with Crippen molar-refractivity contribution in [3.8, 4) is 6.07 Å². The van der Waals surface area contributed by atoms with E-state index in [1.807, 2.05) is 11.2 Å². The number of rotatable bonds is 1. The molecule has 0 aliphatic heterocycles. The van der Waals surface area contributed by atoms with Gasteiger partial charge in [0.2, 0.25) is 5.69 Å². The zero-order valence-corrected chi connectivity index (χ0v) is 5.20. The van der Waals surface area contributed by atoms with Gasteiger partial charge in [-0.05, 0) is 6.07 Å². The highest BCUT2D eigenvalue weighted by Crippen LogP contribution is 2.05. The molecule has 0 unspecified atom stereocenters. The van der Waals surface area contributed by atoms with Crippen molar-refractivity contribution in [2.24, 2.45) is 0 Å². The highest BCUT2D eigenvalue weighted by molar-refractivity contribution is 5.46. The highest BCUT2D eigenvalue weighted by atomic mass is 15.0. The number of nitrogens with zero attached hydrogens (tertiary/aromatic N) is 2. The molecule has 0 saturated heterocycles. The van der Waals surface area contributed by atoms with Gasteiger partial charge in [0.25, 0.3) is 0 Å². The molecular formula is C7H5N3. The Morgan fingerprint density at radius 3 is 2.60 bits per heavy atom. The average molecular weight is 131 g/mol. The molecule has 1 rings (SSSR count). The second-order valence-corrected chi connectivity index (χ2v) is 1.77. The van der Waals surface area contributed by atoms with Crippen LogP contribution < -0.4 is 5.11 Å². The predicted molar refractivity (Wildman–Crippen MR) is 35.1 cm³/mol. The van der Waals surface area contributed by atoms with E-state index in [4.69, 9.17) is 10.8 Å². The zero-order valence-electron chi connectivity index (χ0n) is 5.20. The molecule has 0 fully saturated rings. The molecule has 1 aromatic carbocycles. The molecule has 10 heavy (non-hydrogen) atoms. The molecule has 1 aromatic rings. The maximum atomic E-state index is 8.45. The average Bonchev–Trinajstić information content (AvgIpc) is 2.04. The van der Waals surface area contributed by atoms with E-state index in [0.29, 0.717) is 11.3 Å². The number of para-hydroxylation sites is 1. The summed E-state index contributed by atoms with van der Waals surface area (Å²) in [6.45, 7) is 0. The fraction of sp³-hybridized carbons (Fsp3) is 0. The second kappa shape index (κ2) is 2.74. The molecule has 0 saturated carbocycles. The van der Waals surface area contributed by atoms with E-state index in [0.717, 1.165) is 0 Å². The van der Waals surface area contributed by atoms with Gasteiger partial charge >= 0.3 is 0 Å². The Kier molecular flexibility index (Phi) is 1.76. The Morgan fingerprint density at radius 1 is 1.40 bits per heavy atom. The lowest BCUT2D eigenvalue weighted by Gasteiger charge is -1.89.